The lowest BCUT2D eigenvalue weighted by Crippen LogP contribution is -1.77. The van der Waals surface area contributed by atoms with Crippen LogP contribution >= 0.6 is 11.8 Å². The van der Waals surface area contributed by atoms with Gasteiger partial charge in [0.25, 0.3) is 0 Å². The van der Waals surface area contributed by atoms with Crippen LogP contribution in [0.5, 0.6) is 0 Å². The third-order valence-electron chi connectivity index (χ3n) is 1.40. The molecule has 0 N–H and O–H groups in total. The second-order valence-electron chi connectivity index (χ2n) is 2.33. The Balaban J connectivity index is 2.77. The summed E-state index contributed by atoms with van der Waals surface area (Å²) in [5.74, 6) is 1.22. The first-order chi connectivity index (χ1) is 4.91. The van der Waals surface area contributed by atoms with Crippen molar-refractivity contribution in [3.63, 3.8) is 0 Å². The molecule has 59 valence electrons. The Bertz CT molecular complexity index is 76.8. The monoisotopic (exact) mass is 157 g/mol. The van der Waals surface area contributed by atoms with Gasteiger partial charge in [0.1, 0.15) is 0 Å². The highest BCUT2D eigenvalue weighted by Gasteiger charge is 1.85. The average Bonchev–Trinajstić information content (AvgIpc) is 1.97. The van der Waals surface area contributed by atoms with Crippen LogP contribution in [0.15, 0.2) is 12.2 Å². The fraction of sp³-hybridized carbons (Fsp3) is 0.667. The Morgan fingerprint density at radius 2 is 2.10 bits per heavy atom. The summed E-state index contributed by atoms with van der Waals surface area (Å²) in [7, 11) is 0. The second kappa shape index (κ2) is 9.09. The summed E-state index contributed by atoms with van der Waals surface area (Å²) in [6.45, 7) is 2.08. The molecule has 0 aliphatic carbocycles. The summed E-state index contributed by atoms with van der Waals surface area (Å²) in [6.07, 6.45) is 13.3. The van der Waals surface area contributed by atoms with Crippen molar-refractivity contribution in [1.29, 1.82) is 0 Å². The minimum Gasteiger partial charge on any atom is -0.161 e. The van der Waals surface area contributed by atoms with Gasteiger partial charge in [0.2, 0.25) is 0 Å². The van der Waals surface area contributed by atoms with Gasteiger partial charge in [-0.1, -0.05) is 18.6 Å². The lowest BCUT2D eigenvalue weighted by atomic mass is 10.2. The van der Waals surface area contributed by atoms with Gasteiger partial charge in [-0.05, 0) is 31.9 Å². The van der Waals surface area contributed by atoms with E-state index in [0.717, 1.165) is 0 Å². The summed E-state index contributed by atoms with van der Waals surface area (Å²) in [5, 5.41) is 0. The molecule has 0 fully saturated rings. The maximum atomic E-state index is 3.72. The molecular weight excluding hydrogens is 140 g/mol. The Morgan fingerprint density at radius 1 is 1.30 bits per heavy atom. The van der Waals surface area contributed by atoms with E-state index in [-0.39, 0.29) is 0 Å². The van der Waals surface area contributed by atoms with Crippen molar-refractivity contribution in [3.8, 4) is 0 Å². The summed E-state index contributed by atoms with van der Waals surface area (Å²) < 4.78 is 0. The summed E-state index contributed by atoms with van der Waals surface area (Å²) in [6, 6.07) is 0. The molecule has 0 rings (SSSR count). The summed E-state index contributed by atoms with van der Waals surface area (Å²) in [4.78, 5) is 0. The van der Waals surface area contributed by atoms with Crippen LogP contribution in [0.1, 0.15) is 32.6 Å². The molecule has 0 amide bonds. The maximum Gasteiger partial charge on any atom is 0.00235 e. The normalized spacial score (nSPS) is 11.0. The van der Waals surface area contributed by atoms with Gasteiger partial charge in [0.15, 0.2) is 0 Å². The SMILES string of the molecule is [CH2]SCCCCCC=CC. The zero-order valence-corrected chi connectivity index (χ0v) is 7.62. The van der Waals surface area contributed by atoms with Crippen molar-refractivity contribution in [2.75, 3.05) is 5.75 Å². The molecule has 0 aliphatic heterocycles. The number of unbranched alkanes of at least 4 members (excludes halogenated alkanes) is 3. The van der Waals surface area contributed by atoms with Crippen molar-refractivity contribution in [3.05, 3.63) is 18.4 Å². The van der Waals surface area contributed by atoms with Gasteiger partial charge in [0.05, 0.1) is 0 Å². The van der Waals surface area contributed by atoms with Gasteiger partial charge in [-0.2, -0.15) is 11.8 Å². The molecule has 0 heterocycles. The van der Waals surface area contributed by atoms with E-state index in [1.807, 2.05) is 0 Å². The molecule has 1 heteroatoms. The van der Waals surface area contributed by atoms with Crippen LogP contribution in [-0.2, 0) is 0 Å². The van der Waals surface area contributed by atoms with Crippen molar-refractivity contribution < 1.29 is 0 Å². The van der Waals surface area contributed by atoms with E-state index >= 15 is 0 Å². The zero-order valence-electron chi connectivity index (χ0n) is 6.81. The molecule has 0 aliphatic rings. The van der Waals surface area contributed by atoms with Gasteiger partial charge in [-0.15, -0.1) is 0 Å². The number of hydrogen-bond donors (Lipinski definition) is 0. The smallest absolute Gasteiger partial charge is 0.00235 e. The minimum absolute atomic E-state index is 1.22. The Hall–Kier alpha value is 0.0900. The zero-order chi connectivity index (χ0) is 7.66. The standard InChI is InChI=1S/C9H17S/c1-3-4-5-6-7-8-9-10-2/h3-4H,2,5-9H2,1H3. The largest absolute Gasteiger partial charge is 0.161 e. The van der Waals surface area contributed by atoms with Crippen LogP contribution in [0.25, 0.3) is 0 Å². The van der Waals surface area contributed by atoms with Crippen LogP contribution in [0.2, 0.25) is 0 Å². The molecule has 0 unspecified atom stereocenters. The third-order valence-corrected chi connectivity index (χ3v) is 1.97. The first kappa shape index (κ1) is 10.1. The highest BCUT2D eigenvalue weighted by molar-refractivity contribution is 8.00. The third kappa shape index (κ3) is 8.09. The lowest BCUT2D eigenvalue weighted by molar-refractivity contribution is 0.734. The van der Waals surface area contributed by atoms with E-state index in [0.29, 0.717) is 0 Å². The lowest BCUT2D eigenvalue weighted by Gasteiger charge is -1.94. The topological polar surface area (TPSA) is 0 Å². The number of thioether (sulfide) groups is 1. The Kier molecular flexibility index (Phi) is 9.17. The summed E-state index contributed by atoms with van der Waals surface area (Å²) in [5.41, 5.74) is 0. The van der Waals surface area contributed by atoms with E-state index in [9.17, 15) is 0 Å². The first-order valence-corrected chi connectivity index (χ1v) is 5.05. The van der Waals surface area contributed by atoms with E-state index in [2.05, 4.69) is 25.3 Å². The molecule has 0 spiro atoms. The minimum atomic E-state index is 1.22. The van der Waals surface area contributed by atoms with E-state index in [4.69, 9.17) is 0 Å². The fourth-order valence-electron chi connectivity index (χ4n) is 0.810. The van der Waals surface area contributed by atoms with Crippen molar-refractivity contribution >= 4 is 11.8 Å². The quantitative estimate of drug-likeness (QED) is 0.419. The molecule has 0 aromatic rings. The molecule has 0 saturated heterocycles. The predicted octanol–water partition coefficient (Wildman–Crippen LogP) is 3.65. The molecule has 1 radical (unpaired) electrons. The van der Waals surface area contributed by atoms with Crippen molar-refractivity contribution in [1.82, 2.24) is 0 Å². The van der Waals surface area contributed by atoms with Crippen LogP contribution in [0.3, 0.4) is 0 Å². The van der Waals surface area contributed by atoms with Crippen LogP contribution in [0.4, 0.5) is 0 Å². The first-order valence-electron chi connectivity index (χ1n) is 3.90. The predicted molar refractivity (Wildman–Crippen MR) is 51.1 cm³/mol. The van der Waals surface area contributed by atoms with Crippen molar-refractivity contribution in [2.24, 2.45) is 0 Å². The van der Waals surface area contributed by atoms with Gasteiger partial charge in [-0.25, -0.2) is 0 Å². The van der Waals surface area contributed by atoms with E-state index < -0.39 is 0 Å². The second-order valence-corrected chi connectivity index (χ2v) is 3.14. The molecular formula is C9H17S. The molecule has 0 bridgehead atoms. The van der Waals surface area contributed by atoms with Crippen molar-refractivity contribution in [2.45, 2.75) is 32.6 Å². The van der Waals surface area contributed by atoms with Gasteiger partial charge in [-0.3, -0.25) is 0 Å². The highest BCUT2D eigenvalue weighted by atomic mass is 32.2. The molecule has 0 atom stereocenters. The fourth-order valence-corrected chi connectivity index (χ4v) is 1.22. The number of allylic oxidation sites excluding steroid dienone is 2. The van der Waals surface area contributed by atoms with Gasteiger partial charge >= 0.3 is 0 Å². The molecule has 0 nitrogen and oxygen atoms in total. The van der Waals surface area contributed by atoms with Crippen LogP contribution < -0.4 is 0 Å². The highest BCUT2D eigenvalue weighted by Crippen LogP contribution is 2.05. The van der Waals surface area contributed by atoms with Gasteiger partial charge in [0, 0.05) is 6.26 Å². The Labute approximate surface area is 69.1 Å². The Morgan fingerprint density at radius 3 is 2.70 bits per heavy atom. The summed E-state index contributed by atoms with van der Waals surface area (Å²) >= 11 is 1.70. The molecule has 0 aromatic carbocycles. The van der Waals surface area contributed by atoms with Crippen LogP contribution in [-0.4, -0.2) is 5.75 Å². The number of hydrogen-bond acceptors (Lipinski definition) is 1. The molecule has 0 aromatic heterocycles. The number of rotatable bonds is 6. The van der Waals surface area contributed by atoms with E-state index in [1.54, 1.807) is 11.8 Å². The molecule has 10 heavy (non-hydrogen) atoms. The van der Waals surface area contributed by atoms with Crippen LogP contribution in [0, 0.1) is 6.26 Å². The average molecular weight is 157 g/mol. The maximum absolute atomic E-state index is 3.72. The van der Waals surface area contributed by atoms with E-state index in [1.165, 1.54) is 31.4 Å². The van der Waals surface area contributed by atoms with Gasteiger partial charge < -0.3 is 0 Å². The molecule has 0 saturated carbocycles.